The first-order valence-electron chi connectivity index (χ1n) is 6.32. The summed E-state index contributed by atoms with van der Waals surface area (Å²) in [6.45, 7) is 6.49. The average molecular weight is 269 g/mol. The second kappa shape index (κ2) is 7.73. The van der Waals surface area contributed by atoms with Crippen LogP contribution >= 0.6 is 0 Å². The smallest absolute Gasteiger partial charge is 0.322 e. The monoisotopic (exact) mass is 269 g/mol. The summed E-state index contributed by atoms with van der Waals surface area (Å²) in [7, 11) is 4.99. The highest BCUT2D eigenvalue weighted by Gasteiger charge is 2.14. The van der Waals surface area contributed by atoms with Gasteiger partial charge >= 0.3 is 6.01 Å². The number of methoxy groups -OCH3 is 2. The summed E-state index contributed by atoms with van der Waals surface area (Å²) in [4.78, 5) is 14.8. The fraction of sp³-hybridized carbons (Fsp3) is 0.750. The molecule has 1 aromatic rings. The minimum Gasteiger partial charge on any atom is -0.467 e. The number of ether oxygens (including phenoxy) is 2. The van der Waals surface area contributed by atoms with E-state index in [1.54, 1.807) is 21.3 Å². The molecule has 0 unspecified atom stereocenters. The second-order valence-corrected chi connectivity index (χ2v) is 4.53. The van der Waals surface area contributed by atoms with Crippen molar-refractivity contribution in [3.8, 4) is 6.01 Å². The molecule has 19 heavy (non-hydrogen) atoms. The van der Waals surface area contributed by atoms with Crippen LogP contribution in [0.15, 0.2) is 0 Å². The Balaban J connectivity index is 2.98. The predicted octanol–water partition coefficient (Wildman–Crippen LogP) is 1.03. The van der Waals surface area contributed by atoms with Crippen molar-refractivity contribution in [1.29, 1.82) is 0 Å². The van der Waals surface area contributed by atoms with Crippen LogP contribution in [0.25, 0.3) is 0 Å². The molecule has 0 bridgehead atoms. The van der Waals surface area contributed by atoms with E-state index in [9.17, 15) is 0 Å². The van der Waals surface area contributed by atoms with Crippen LogP contribution < -0.4 is 15.0 Å². The molecule has 0 saturated heterocycles. The first-order valence-corrected chi connectivity index (χ1v) is 6.32. The van der Waals surface area contributed by atoms with Crippen molar-refractivity contribution in [3.63, 3.8) is 0 Å². The standard InChI is InChI=1S/C12H23N5O2/c1-9(2)8-17(6-7-18-4)11-14-10(13-3)15-12(16-11)19-5/h9H,6-8H2,1-5H3,(H,13,14,15,16). The number of hydrogen-bond donors (Lipinski definition) is 1. The third-order valence-electron chi connectivity index (χ3n) is 2.44. The van der Waals surface area contributed by atoms with Crippen LogP contribution in [0.1, 0.15) is 13.8 Å². The zero-order valence-corrected chi connectivity index (χ0v) is 12.3. The lowest BCUT2D eigenvalue weighted by Crippen LogP contribution is -2.32. The van der Waals surface area contributed by atoms with E-state index in [2.05, 4.69) is 39.0 Å². The Hall–Kier alpha value is -1.63. The molecule has 0 aliphatic heterocycles. The summed E-state index contributed by atoms with van der Waals surface area (Å²) in [5.74, 6) is 1.59. The van der Waals surface area contributed by atoms with Crippen LogP contribution in [0.2, 0.25) is 0 Å². The van der Waals surface area contributed by atoms with Crippen molar-refractivity contribution in [2.75, 3.05) is 51.2 Å². The Morgan fingerprint density at radius 2 is 1.95 bits per heavy atom. The topological polar surface area (TPSA) is 72.4 Å². The van der Waals surface area contributed by atoms with E-state index in [1.165, 1.54) is 0 Å². The Morgan fingerprint density at radius 1 is 1.21 bits per heavy atom. The van der Waals surface area contributed by atoms with Gasteiger partial charge in [0.25, 0.3) is 0 Å². The van der Waals surface area contributed by atoms with E-state index in [1.807, 2.05) is 0 Å². The van der Waals surface area contributed by atoms with E-state index in [0.29, 0.717) is 30.4 Å². The lowest BCUT2D eigenvalue weighted by molar-refractivity contribution is 0.204. The van der Waals surface area contributed by atoms with Crippen molar-refractivity contribution in [2.24, 2.45) is 5.92 Å². The van der Waals surface area contributed by atoms with Crippen LogP contribution in [0.3, 0.4) is 0 Å². The minimum atomic E-state index is 0.306. The number of rotatable bonds is 8. The third kappa shape index (κ3) is 4.86. The summed E-state index contributed by atoms with van der Waals surface area (Å²) in [6, 6.07) is 0.306. The molecule has 7 nitrogen and oxygen atoms in total. The Bertz CT molecular complexity index is 364. The lowest BCUT2D eigenvalue weighted by atomic mass is 10.2. The maximum absolute atomic E-state index is 5.13. The highest BCUT2D eigenvalue weighted by atomic mass is 16.5. The Kier molecular flexibility index (Phi) is 6.27. The molecule has 0 spiro atoms. The van der Waals surface area contributed by atoms with E-state index < -0.39 is 0 Å². The first-order chi connectivity index (χ1) is 9.10. The number of nitrogens with one attached hydrogen (secondary N) is 1. The average Bonchev–Trinajstić information content (AvgIpc) is 2.42. The molecular weight excluding hydrogens is 246 g/mol. The zero-order valence-electron chi connectivity index (χ0n) is 12.3. The van der Waals surface area contributed by atoms with Crippen LogP contribution in [-0.4, -0.2) is 55.9 Å². The van der Waals surface area contributed by atoms with Crippen LogP contribution in [0.4, 0.5) is 11.9 Å². The molecule has 108 valence electrons. The van der Waals surface area contributed by atoms with Crippen molar-refractivity contribution in [2.45, 2.75) is 13.8 Å². The maximum Gasteiger partial charge on any atom is 0.322 e. The molecule has 0 saturated carbocycles. The Morgan fingerprint density at radius 3 is 2.47 bits per heavy atom. The largest absolute Gasteiger partial charge is 0.467 e. The van der Waals surface area contributed by atoms with Gasteiger partial charge in [0.2, 0.25) is 11.9 Å². The fourth-order valence-corrected chi connectivity index (χ4v) is 1.61. The molecule has 1 heterocycles. The number of nitrogens with zero attached hydrogens (tertiary/aromatic N) is 4. The molecule has 0 amide bonds. The normalized spacial score (nSPS) is 10.6. The van der Waals surface area contributed by atoms with E-state index in [-0.39, 0.29) is 0 Å². The molecule has 0 aliphatic carbocycles. The van der Waals surface area contributed by atoms with Crippen molar-refractivity contribution in [3.05, 3.63) is 0 Å². The van der Waals surface area contributed by atoms with Gasteiger partial charge in [0.1, 0.15) is 0 Å². The fourth-order valence-electron chi connectivity index (χ4n) is 1.61. The highest BCUT2D eigenvalue weighted by molar-refractivity contribution is 5.38. The van der Waals surface area contributed by atoms with Gasteiger partial charge in [-0.1, -0.05) is 13.8 Å². The minimum absolute atomic E-state index is 0.306. The summed E-state index contributed by atoms with van der Waals surface area (Å²) in [6.07, 6.45) is 0. The maximum atomic E-state index is 5.13. The summed E-state index contributed by atoms with van der Waals surface area (Å²) in [5, 5.41) is 2.91. The molecule has 1 N–H and O–H groups in total. The molecule has 1 rings (SSSR count). The zero-order chi connectivity index (χ0) is 14.3. The first kappa shape index (κ1) is 15.4. The lowest BCUT2D eigenvalue weighted by Gasteiger charge is -2.24. The van der Waals surface area contributed by atoms with Gasteiger partial charge in [-0.15, -0.1) is 0 Å². The molecular formula is C12H23N5O2. The third-order valence-corrected chi connectivity index (χ3v) is 2.44. The molecule has 7 heteroatoms. The van der Waals surface area contributed by atoms with Gasteiger partial charge in [-0.05, 0) is 5.92 Å². The summed E-state index contributed by atoms with van der Waals surface area (Å²) in [5.41, 5.74) is 0. The number of anilines is 2. The quantitative estimate of drug-likeness (QED) is 0.755. The summed E-state index contributed by atoms with van der Waals surface area (Å²) < 4.78 is 10.2. The van der Waals surface area contributed by atoms with Crippen molar-refractivity contribution < 1.29 is 9.47 Å². The Labute approximate surface area is 114 Å². The number of aromatic nitrogens is 3. The van der Waals surface area contributed by atoms with E-state index in [0.717, 1.165) is 13.1 Å². The SMILES string of the molecule is CNc1nc(OC)nc(N(CCOC)CC(C)C)n1. The highest BCUT2D eigenvalue weighted by Crippen LogP contribution is 2.15. The van der Waals surface area contributed by atoms with E-state index >= 15 is 0 Å². The molecule has 0 aromatic carbocycles. The van der Waals surface area contributed by atoms with Crippen LogP contribution in [0, 0.1) is 5.92 Å². The van der Waals surface area contributed by atoms with Gasteiger partial charge in [-0.2, -0.15) is 15.0 Å². The van der Waals surface area contributed by atoms with Gasteiger partial charge in [-0.25, -0.2) is 0 Å². The van der Waals surface area contributed by atoms with Gasteiger partial charge in [0.15, 0.2) is 0 Å². The second-order valence-electron chi connectivity index (χ2n) is 4.53. The van der Waals surface area contributed by atoms with E-state index in [4.69, 9.17) is 9.47 Å². The summed E-state index contributed by atoms with van der Waals surface area (Å²) >= 11 is 0. The van der Waals surface area contributed by atoms with Gasteiger partial charge < -0.3 is 19.7 Å². The van der Waals surface area contributed by atoms with Crippen molar-refractivity contribution in [1.82, 2.24) is 15.0 Å². The van der Waals surface area contributed by atoms with Crippen molar-refractivity contribution >= 4 is 11.9 Å². The van der Waals surface area contributed by atoms with Crippen LogP contribution in [0.5, 0.6) is 6.01 Å². The van der Waals surface area contributed by atoms with Gasteiger partial charge in [-0.3, -0.25) is 0 Å². The van der Waals surface area contributed by atoms with Gasteiger partial charge in [0.05, 0.1) is 13.7 Å². The van der Waals surface area contributed by atoms with Crippen LogP contribution in [-0.2, 0) is 4.74 Å². The predicted molar refractivity (Wildman–Crippen MR) is 74.9 cm³/mol. The molecule has 0 radical (unpaired) electrons. The molecule has 0 fully saturated rings. The molecule has 0 atom stereocenters. The van der Waals surface area contributed by atoms with Gasteiger partial charge in [0, 0.05) is 27.2 Å². The molecule has 1 aromatic heterocycles. The number of hydrogen-bond acceptors (Lipinski definition) is 7. The molecule has 0 aliphatic rings.